The molecule has 1 saturated heterocycles. The first-order chi connectivity index (χ1) is 14.5. The Kier molecular flexibility index (Phi) is 7.96. The monoisotopic (exact) mass is 439 g/mol. The third-order valence-corrected chi connectivity index (χ3v) is 7.91. The molecular formula is C21H33N3O5S. The molecule has 0 atom stereocenters. The highest BCUT2D eigenvalue weighted by Crippen LogP contribution is 2.33. The number of carbonyl (C=O) groups excluding carboxylic acids is 1. The lowest BCUT2D eigenvalue weighted by molar-refractivity contribution is -0.131. The zero-order valence-corrected chi connectivity index (χ0v) is 18.7. The van der Waals surface area contributed by atoms with Crippen LogP contribution in [0.3, 0.4) is 0 Å². The summed E-state index contributed by atoms with van der Waals surface area (Å²) in [7, 11) is -0.769. The smallest absolute Gasteiger partial charge is 0.243 e. The second kappa shape index (κ2) is 10.5. The van der Waals surface area contributed by atoms with Crippen LogP contribution in [-0.4, -0.2) is 76.5 Å². The van der Waals surface area contributed by atoms with Gasteiger partial charge in [0.25, 0.3) is 0 Å². The fraction of sp³-hybridized carbons (Fsp3) is 0.667. The van der Waals surface area contributed by atoms with Crippen LogP contribution in [0.2, 0.25) is 0 Å². The lowest BCUT2D eigenvalue weighted by Crippen LogP contribution is -2.48. The van der Waals surface area contributed by atoms with Crippen LogP contribution in [0.1, 0.15) is 38.5 Å². The van der Waals surface area contributed by atoms with Crippen LogP contribution in [0.25, 0.3) is 0 Å². The normalized spacial score (nSPS) is 18.4. The second-order valence-corrected chi connectivity index (χ2v) is 9.70. The number of hydrogen-bond acceptors (Lipinski definition) is 6. The minimum atomic E-state index is -3.77. The number of nitrogens with one attached hydrogen (secondary N) is 1. The van der Waals surface area contributed by atoms with Crippen LogP contribution in [0.5, 0.6) is 11.5 Å². The Morgan fingerprint density at radius 2 is 1.77 bits per heavy atom. The van der Waals surface area contributed by atoms with Gasteiger partial charge in [0.1, 0.15) is 0 Å². The lowest BCUT2D eigenvalue weighted by Gasteiger charge is -2.34. The van der Waals surface area contributed by atoms with Gasteiger partial charge in [0.05, 0.1) is 19.1 Å². The molecule has 1 N–H and O–H groups in total. The highest BCUT2D eigenvalue weighted by atomic mass is 32.2. The number of carbonyl (C=O) groups is 1. The van der Waals surface area contributed by atoms with E-state index in [1.165, 1.54) is 20.3 Å². The first kappa shape index (κ1) is 22.8. The number of methoxy groups -OCH3 is 2. The maximum Gasteiger partial charge on any atom is 0.243 e. The van der Waals surface area contributed by atoms with Crippen molar-refractivity contribution in [2.75, 3.05) is 46.9 Å². The fourth-order valence-corrected chi connectivity index (χ4v) is 5.96. The number of ether oxygens (including phenoxy) is 2. The van der Waals surface area contributed by atoms with Gasteiger partial charge in [-0.3, -0.25) is 4.79 Å². The van der Waals surface area contributed by atoms with Crippen molar-refractivity contribution in [1.82, 2.24) is 14.5 Å². The number of sulfonamides is 1. The largest absolute Gasteiger partial charge is 0.493 e. The topological polar surface area (TPSA) is 88.2 Å². The van der Waals surface area contributed by atoms with Crippen LogP contribution in [0.15, 0.2) is 23.1 Å². The number of hydrogen-bond donors (Lipinski definition) is 1. The number of piperazine rings is 1. The summed E-state index contributed by atoms with van der Waals surface area (Å²) in [6, 6.07) is 4.58. The lowest BCUT2D eigenvalue weighted by atomic mass is 9.95. The van der Waals surface area contributed by atoms with Crippen molar-refractivity contribution in [2.45, 2.75) is 49.5 Å². The van der Waals surface area contributed by atoms with Crippen LogP contribution >= 0.6 is 0 Å². The summed E-state index contributed by atoms with van der Waals surface area (Å²) in [5.74, 6) is 0.869. The zero-order chi connectivity index (χ0) is 21.6. The molecule has 8 nitrogen and oxygen atoms in total. The Morgan fingerprint density at radius 3 is 2.40 bits per heavy atom. The Balaban J connectivity index is 1.82. The van der Waals surface area contributed by atoms with Crippen LogP contribution in [0, 0.1) is 0 Å². The van der Waals surface area contributed by atoms with E-state index in [0.717, 1.165) is 45.2 Å². The molecule has 1 amide bonds. The van der Waals surface area contributed by atoms with Gasteiger partial charge in [-0.15, -0.1) is 0 Å². The number of rotatable bonds is 8. The van der Waals surface area contributed by atoms with Crippen molar-refractivity contribution in [2.24, 2.45) is 0 Å². The highest BCUT2D eigenvalue weighted by Gasteiger charge is 2.33. The van der Waals surface area contributed by atoms with E-state index in [1.807, 2.05) is 4.90 Å². The quantitative estimate of drug-likeness (QED) is 0.665. The average molecular weight is 440 g/mol. The first-order valence-corrected chi connectivity index (χ1v) is 12.1. The van der Waals surface area contributed by atoms with Gasteiger partial charge in [-0.05, 0) is 25.0 Å². The van der Waals surface area contributed by atoms with E-state index in [2.05, 4.69) is 5.32 Å². The summed E-state index contributed by atoms with van der Waals surface area (Å²) in [6.07, 6.45) is 4.99. The standard InChI is InChI=1S/C21H33N3O5S/c1-28-19-9-8-18(16-20(19)29-2)30(26,27)24(17-6-4-3-5-7-17)13-10-21(25)23-14-11-22-12-15-23/h8-9,16-17,22H,3-7,10-15H2,1-2H3. The first-order valence-electron chi connectivity index (χ1n) is 10.7. The van der Waals surface area contributed by atoms with E-state index in [-0.39, 0.29) is 29.8 Å². The minimum Gasteiger partial charge on any atom is -0.493 e. The van der Waals surface area contributed by atoms with E-state index in [0.29, 0.717) is 24.6 Å². The second-order valence-electron chi connectivity index (χ2n) is 7.81. The van der Waals surface area contributed by atoms with E-state index in [1.54, 1.807) is 16.4 Å². The third-order valence-electron chi connectivity index (χ3n) is 5.96. The zero-order valence-electron chi connectivity index (χ0n) is 17.9. The van der Waals surface area contributed by atoms with Crippen molar-refractivity contribution in [3.63, 3.8) is 0 Å². The molecule has 1 aromatic carbocycles. The van der Waals surface area contributed by atoms with E-state index < -0.39 is 10.0 Å². The van der Waals surface area contributed by atoms with Gasteiger partial charge in [0.15, 0.2) is 11.5 Å². The van der Waals surface area contributed by atoms with Crippen molar-refractivity contribution < 1.29 is 22.7 Å². The van der Waals surface area contributed by atoms with Gasteiger partial charge < -0.3 is 19.7 Å². The molecular weight excluding hydrogens is 406 g/mol. The molecule has 3 rings (SSSR count). The molecule has 0 radical (unpaired) electrons. The molecule has 1 saturated carbocycles. The molecule has 0 aromatic heterocycles. The molecule has 2 fully saturated rings. The predicted octanol–water partition coefficient (Wildman–Crippen LogP) is 1.85. The van der Waals surface area contributed by atoms with Gasteiger partial charge in [0.2, 0.25) is 15.9 Å². The molecule has 9 heteroatoms. The Hall–Kier alpha value is -1.84. The predicted molar refractivity (Wildman–Crippen MR) is 114 cm³/mol. The molecule has 1 heterocycles. The molecule has 168 valence electrons. The van der Waals surface area contributed by atoms with Crippen LogP contribution < -0.4 is 14.8 Å². The van der Waals surface area contributed by atoms with E-state index >= 15 is 0 Å². The van der Waals surface area contributed by atoms with Gasteiger partial charge in [-0.25, -0.2) is 8.42 Å². The summed E-state index contributed by atoms with van der Waals surface area (Å²) in [6.45, 7) is 3.10. The van der Waals surface area contributed by atoms with Crippen molar-refractivity contribution in [3.05, 3.63) is 18.2 Å². The number of nitrogens with zero attached hydrogens (tertiary/aromatic N) is 2. The fourth-order valence-electron chi connectivity index (χ4n) is 4.26. The summed E-state index contributed by atoms with van der Waals surface area (Å²) in [5, 5.41) is 3.23. The molecule has 0 spiro atoms. The highest BCUT2D eigenvalue weighted by molar-refractivity contribution is 7.89. The maximum absolute atomic E-state index is 13.6. The van der Waals surface area contributed by atoms with Crippen molar-refractivity contribution >= 4 is 15.9 Å². The summed E-state index contributed by atoms with van der Waals surface area (Å²) in [4.78, 5) is 14.7. The summed E-state index contributed by atoms with van der Waals surface area (Å²) in [5.41, 5.74) is 0. The van der Waals surface area contributed by atoms with Gasteiger partial charge >= 0.3 is 0 Å². The van der Waals surface area contributed by atoms with Gasteiger partial charge in [-0.1, -0.05) is 19.3 Å². The van der Waals surface area contributed by atoms with Gasteiger partial charge in [-0.2, -0.15) is 4.31 Å². The third kappa shape index (κ3) is 5.25. The molecule has 2 aliphatic rings. The summed E-state index contributed by atoms with van der Waals surface area (Å²) < 4.78 is 39.3. The average Bonchev–Trinajstić information content (AvgIpc) is 2.79. The Bertz CT molecular complexity index is 818. The number of amides is 1. The van der Waals surface area contributed by atoms with Gasteiger partial charge in [0, 0.05) is 51.3 Å². The molecule has 30 heavy (non-hydrogen) atoms. The molecule has 1 aliphatic heterocycles. The SMILES string of the molecule is COc1ccc(S(=O)(=O)N(CCC(=O)N2CCNCC2)C2CCCCC2)cc1OC. The Labute approximate surface area is 179 Å². The molecule has 1 aromatic rings. The maximum atomic E-state index is 13.6. The number of benzene rings is 1. The minimum absolute atomic E-state index is 0.0137. The summed E-state index contributed by atoms with van der Waals surface area (Å²) >= 11 is 0. The molecule has 0 bridgehead atoms. The van der Waals surface area contributed by atoms with Crippen LogP contribution in [-0.2, 0) is 14.8 Å². The van der Waals surface area contributed by atoms with E-state index in [4.69, 9.17) is 9.47 Å². The van der Waals surface area contributed by atoms with Crippen molar-refractivity contribution in [3.8, 4) is 11.5 Å². The van der Waals surface area contributed by atoms with Crippen LogP contribution in [0.4, 0.5) is 0 Å². The van der Waals surface area contributed by atoms with Crippen molar-refractivity contribution in [1.29, 1.82) is 0 Å². The molecule has 1 aliphatic carbocycles. The molecule has 0 unspecified atom stereocenters. The Morgan fingerprint density at radius 1 is 1.10 bits per heavy atom. The van der Waals surface area contributed by atoms with E-state index in [9.17, 15) is 13.2 Å².